The molecule has 2 rings (SSSR count). The Morgan fingerprint density at radius 3 is 2.45 bits per heavy atom. The van der Waals surface area contributed by atoms with Crippen LogP contribution in [-0.4, -0.2) is 6.54 Å². The topological polar surface area (TPSA) is 38.0 Å². The van der Waals surface area contributed by atoms with E-state index in [1.165, 1.54) is 22.3 Å². The monoisotopic (exact) mass is 332 g/mol. The Labute approximate surface area is 129 Å². The van der Waals surface area contributed by atoms with Gasteiger partial charge < -0.3 is 11.1 Å². The van der Waals surface area contributed by atoms with Gasteiger partial charge in [0.2, 0.25) is 0 Å². The van der Waals surface area contributed by atoms with Crippen molar-refractivity contribution >= 4 is 27.3 Å². The first-order valence-corrected chi connectivity index (χ1v) is 7.62. The van der Waals surface area contributed by atoms with Crippen molar-refractivity contribution in [1.82, 2.24) is 0 Å². The Kier molecular flexibility index (Phi) is 4.71. The van der Waals surface area contributed by atoms with E-state index in [1.54, 1.807) is 0 Å². The maximum atomic E-state index is 6.05. The van der Waals surface area contributed by atoms with Crippen molar-refractivity contribution in [3.05, 3.63) is 57.1 Å². The largest absolute Gasteiger partial charge is 0.397 e. The van der Waals surface area contributed by atoms with Crippen LogP contribution in [0.3, 0.4) is 0 Å². The van der Waals surface area contributed by atoms with E-state index < -0.39 is 0 Å². The smallest absolute Gasteiger partial charge is 0.0576 e. The molecule has 2 nitrogen and oxygen atoms in total. The van der Waals surface area contributed by atoms with Crippen LogP contribution in [0.1, 0.15) is 22.3 Å². The van der Waals surface area contributed by atoms with E-state index >= 15 is 0 Å². The molecular weight excluding hydrogens is 312 g/mol. The second-order valence-corrected chi connectivity index (χ2v) is 6.19. The molecule has 0 atom stereocenters. The summed E-state index contributed by atoms with van der Waals surface area (Å²) in [4.78, 5) is 0. The Balaban J connectivity index is 2.03. The van der Waals surface area contributed by atoms with Gasteiger partial charge in [0.15, 0.2) is 0 Å². The van der Waals surface area contributed by atoms with E-state index in [2.05, 4.69) is 66.3 Å². The first-order chi connectivity index (χ1) is 9.47. The molecule has 2 aromatic rings. The van der Waals surface area contributed by atoms with Crippen LogP contribution < -0.4 is 11.1 Å². The number of nitrogens with one attached hydrogen (secondary N) is 1. The highest BCUT2D eigenvalue weighted by Crippen LogP contribution is 2.23. The number of hydrogen-bond acceptors (Lipinski definition) is 2. The van der Waals surface area contributed by atoms with Crippen LogP contribution in [0.5, 0.6) is 0 Å². The van der Waals surface area contributed by atoms with E-state index in [1.807, 2.05) is 6.07 Å². The van der Waals surface area contributed by atoms with Crippen LogP contribution in [0, 0.1) is 20.8 Å². The van der Waals surface area contributed by atoms with E-state index in [0.29, 0.717) is 0 Å². The van der Waals surface area contributed by atoms with Gasteiger partial charge in [0.25, 0.3) is 0 Å². The summed E-state index contributed by atoms with van der Waals surface area (Å²) in [5.74, 6) is 0. The van der Waals surface area contributed by atoms with E-state index in [4.69, 9.17) is 5.73 Å². The van der Waals surface area contributed by atoms with Crippen molar-refractivity contribution < 1.29 is 0 Å². The first kappa shape index (κ1) is 14.9. The third kappa shape index (κ3) is 3.54. The zero-order chi connectivity index (χ0) is 14.7. The Bertz CT molecular complexity index is 621. The molecule has 0 aliphatic heterocycles. The van der Waals surface area contributed by atoms with Crippen LogP contribution in [0.15, 0.2) is 34.8 Å². The molecular formula is C17H21BrN2. The number of aryl methyl sites for hydroxylation is 3. The maximum absolute atomic E-state index is 6.05. The van der Waals surface area contributed by atoms with Crippen LogP contribution in [0.4, 0.5) is 11.4 Å². The molecule has 2 aromatic carbocycles. The average molecular weight is 333 g/mol. The average Bonchev–Trinajstić information content (AvgIpc) is 2.39. The van der Waals surface area contributed by atoms with Gasteiger partial charge in [-0.05, 0) is 73.7 Å². The van der Waals surface area contributed by atoms with Crippen LogP contribution >= 0.6 is 15.9 Å². The summed E-state index contributed by atoms with van der Waals surface area (Å²) >= 11 is 3.52. The summed E-state index contributed by atoms with van der Waals surface area (Å²) < 4.78 is 1.13. The van der Waals surface area contributed by atoms with Gasteiger partial charge in [0, 0.05) is 11.0 Å². The molecule has 0 spiro atoms. The molecule has 0 fully saturated rings. The lowest BCUT2D eigenvalue weighted by Crippen LogP contribution is -2.08. The second kappa shape index (κ2) is 6.31. The maximum Gasteiger partial charge on any atom is 0.0576 e. The van der Waals surface area contributed by atoms with Crippen LogP contribution in [0.25, 0.3) is 0 Å². The fourth-order valence-corrected chi connectivity index (χ4v) is 2.64. The fraction of sp³-hybridized carbons (Fsp3) is 0.294. The van der Waals surface area contributed by atoms with Crippen molar-refractivity contribution in [3.63, 3.8) is 0 Å². The molecule has 0 aromatic heterocycles. The highest BCUT2D eigenvalue weighted by molar-refractivity contribution is 9.10. The summed E-state index contributed by atoms with van der Waals surface area (Å²) in [5, 5.41) is 3.44. The highest BCUT2D eigenvalue weighted by Gasteiger charge is 2.03. The summed E-state index contributed by atoms with van der Waals surface area (Å²) in [6.45, 7) is 7.22. The third-order valence-corrected chi connectivity index (χ3v) is 4.18. The van der Waals surface area contributed by atoms with Gasteiger partial charge in [0.05, 0.1) is 11.4 Å². The van der Waals surface area contributed by atoms with Crippen molar-refractivity contribution in [2.24, 2.45) is 0 Å². The molecule has 106 valence electrons. The predicted octanol–water partition coefficient (Wildman–Crippen LogP) is 4.61. The lowest BCUT2D eigenvalue weighted by Gasteiger charge is -2.13. The number of benzene rings is 2. The molecule has 0 radical (unpaired) electrons. The zero-order valence-electron chi connectivity index (χ0n) is 12.3. The molecule has 0 unspecified atom stereocenters. The van der Waals surface area contributed by atoms with Crippen molar-refractivity contribution in [3.8, 4) is 0 Å². The predicted molar refractivity (Wildman–Crippen MR) is 91.4 cm³/mol. The minimum atomic E-state index is 0.819. The molecule has 20 heavy (non-hydrogen) atoms. The van der Waals surface area contributed by atoms with E-state index in [-0.39, 0.29) is 0 Å². The second-order valence-electron chi connectivity index (χ2n) is 5.27. The van der Waals surface area contributed by atoms with Gasteiger partial charge in [-0.3, -0.25) is 0 Å². The normalized spacial score (nSPS) is 10.6. The minimum Gasteiger partial charge on any atom is -0.397 e. The van der Waals surface area contributed by atoms with Gasteiger partial charge >= 0.3 is 0 Å². The Hall–Kier alpha value is -1.48. The quantitative estimate of drug-likeness (QED) is 0.802. The lowest BCUT2D eigenvalue weighted by molar-refractivity contribution is 1.00. The summed E-state index contributed by atoms with van der Waals surface area (Å²) in [6.07, 6.45) is 0.984. The van der Waals surface area contributed by atoms with Gasteiger partial charge in [-0.25, -0.2) is 0 Å². The van der Waals surface area contributed by atoms with Crippen LogP contribution in [-0.2, 0) is 6.42 Å². The summed E-state index contributed by atoms with van der Waals surface area (Å²) in [7, 11) is 0. The van der Waals surface area contributed by atoms with Crippen molar-refractivity contribution in [2.45, 2.75) is 27.2 Å². The van der Waals surface area contributed by atoms with E-state index in [0.717, 1.165) is 28.8 Å². The first-order valence-electron chi connectivity index (χ1n) is 6.83. The molecule has 0 bridgehead atoms. The number of hydrogen-bond donors (Lipinski definition) is 2. The zero-order valence-corrected chi connectivity index (χ0v) is 13.8. The third-order valence-electron chi connectivity index (χ3n) is 3.69. The number of rotatable bonds is 4. The van der Waals surface area contributed by atoms with Gasteiger partial charge in [0.1, 0.15) is 0 Å². The number of nitrogen functional groups attached to an aromatic ring is 1. The molecule has 0 saturated carbocycles. The van der Waals surface area contributed by atoms with Crippen molar-refractivity contribution in [1.29, 1.82) is 0 Å². The van der Waals surface area contributed by atoms with Gasteiger partial charge in [-0.1, -0.05) is 22.0 Å². The molecule has 0 heterocycles. The molecule has 0 saturated heterocycles. The van der Waals surface area contributed by atoms with Gasteiger partial charge in [-0.15, -0.1) is 0 Å². The Morgan fingerprint density at radius 2 is 1.70 bits per heavy atom. The standard InChI is InChI=1S/C17H21BrN2/c1-11-4-5-15(18)10-14(11)6-7-20-17-9-13(3)12(2)8-16(17)19/h4-5,8-10,20H,6-7,19H2,1-3H3. The number of halogens is 1. The highest BCUT2D eigenvalue weighted by atomic mass is 79.9. The molecule has 0 amide bonds. The fourth-order valence-electron chi connectivity index (χ4n) is 2.23. The van der Waals surface area contributed by atoms with Gasteiger partial charge in [-0.2, -0.15) is 0 Å². The summed E-state index contributed by atoms with van der Waals surface area (Å²) in [5.41, 5.74) is 13.1. The van der Waals surface area contributed by atoms with E-state index in [9.17, 15) is 0 Å². The Morgan fingerprint density at radius 1 is 1.00 bits per heavy atom. The number of nitrogens with two attached hydrogens (primary N) is 1. The number of anilines is 2. The van der Waals surface area contributed by atoms with Crippen LogP contribution in [0.2, 0.25) is 0 Å². The molecule has 3 N–H and O–H groups in total. The summed E-state index contributed by atoms with van der Waals surface area (Å²) in [6, 6.07) is 10.6. The molecule has 0 aliphatic carbocycles. The lowest BCUT2D eigenvalue weighted by atomic mass is 10.1. The molecule has 0 aliphatic rings. The molecule has 3 heteroatoms. The SMILES string of the molecule is Cc1cc(N)c(NCCc2cc(Br)ccc2C)cc1C. The van der Waals surface area contributed by atoms with Crippen molar-refractivity contribution in [2.75, 3.05) is 17.6 Å². The minimum absolute atomic E-state index is 0.819.